The molecule has 0 aromatic heterocycles. The molecule has 2 atom stereocenters. The minimum Gasteiger partial charge on any atom is -0.497 e. The van der Waals surface area contributed by atoms with Gasteiger partial charge < -0.3 is 30.1 Å². The van der Waals surface area contributed by atoms with Crippen molar-refractivity contribution < 1.29 is 33.8 Å². The molecule has 4 rings (SSSR count). The Labute approximate surface area is 250 Å². The number of benzene rings is 3. The largest absolute Gasteiger partial charge is 0.497 e. The van der Waals surface area contributed by atoms with E-state index in [4.69, 9.17) is 9.47 Å². The highest BCUT2D eigenvalue weighted by molar-refractivity contribution is 5.96. The third kappa shape index (κ3) is 8.03. The van der Waals surface area contributed by atoms with Gasteiger partial charge in [-0.2, -0.15) is 0 Å². The molecule has 226 valence electrons. The highest BCUT2D eigenvalue weighted by Gasteiger charge is 2.41. The number of nitrogens with one attached hydrogen (secondary N) is 2. The van der Waals surface area contributed by atoms with Crippen LogP contribution in [-0.2, 0) is 20.8 Å². The molecule has 0 saturated carbocycles. The molecule has 3 aromatic carbocycles. The SMILES string of the molecule is COc1ccc(CC(=O)N2CCCN(C(=O)Nc3ccc(OC)cc3)C2C(=O)NC(CC(=O)O)c2cccc(C)c2)cc1. The van der Waals surface area contributed by atoms with Crippen LogP contribution in [0, 0.1) is 6.92 Å². The summed E-state index contributed by atoms with van der Waals surface area (Å²) in [6, 6.07) is 19.5. The van der Waals surface area contributed by atoms with Crippen LogP contribution >= 0.6 is 0 Å². The van der Waals surface area contributed by atoms with Crippen LogP contribution in [0.1, 0.15) is 35.6 Å². The van der Waals surface area contributed by atoms with Crippen LogP contribution in [0.2, 0.25) is 0 Å². The highest BCUT2D eigenvalue weighted by Crippen LogP contribution is 2.24. The number of hydrogen-bond donors (Lipinski definition) is 3. The van der Waals surface area contributed by atoms with Crippen molar-refractivity contribution in [1.82, 2.24) is 15.1 Å². The number of amides is 4. The standard InChI is InChI=1S/C32H36N4O7/c1-21-6-4-7-23(18-21)27(20-29(38)39)34-30(40)31-35(28(37)19-22-8-12-25(42-2)13-9-22)16-5-17-36(31)32(41)33-24-10-14-26(43-3)15-11-24/h4,6-15,18,27,31H,5,16-17,19-20H2,1-3H3,(H,33,41)(H,34,40)(H,38,39). The molecule has 1 saturated heterocycles. The summed E-state index contributed by atoms with van der Waals surface area (Å²) in [5, 5.41) is 15.2. The third-order valence-electron chi connectivity index (χ3n) is 7.20. The first-order chi connectivity index (χ1) is 20.7. The average molecular weight is 589 g/mol. The van der Waals surface area contributed by atoms with Crippen molar-refractivity contribution in [3.8, 4) is 11.5 Å². The molecule has 0 spiro atoms. The summed E-state index contributed by atoms with van der Waals surface area (Å²) in [6.07, 6.45) is -1.23. The molecule has 1 aliphatic heterocycles. The van der Waals surface area contributed by atoms with Gasteiger partial charge in [-0.1, -0.05) is 42.0 Å². The lowest BCUT2D eigenvalue weighted by atomic mass is 10.0. The second-order valence-electron chi connectivity index (χ2n) is 10.3. The number of anilines is 1. The molecule has 0 radical (unpaired) electrons. The predicted molar refractivity (Wildman–Crippen MR) is 160 cm³/mol. The molecule has 0 aliphatic carbocycles. The van der Waals surface area contributed by atoms with Crippen LogP contribution in [0.4, 0.5) is 10.5 Å². The van der Waals surface area contributed by atoms with Crippen molar-refractivity contribution in [1.29, 1.82) is 0 Å². The Morgan fingerprint density at radius 1 is 0.907 bits per heavy atom. The fourth-order valence-corrected chi connectivity index (χ4v) is 5.03. The molecule has 2 unspecified atom stereocenters. The van der Waals surface area contributed by atoms with Gasteiger partial charge in [-0.25, -0.2) is 4.79 Å². The van der Waals surface area contributed by atoms with E-state index in [1.165, 1.54) is 16.9 Å². The van der Waals surface area contributed by atoms with Crippen molar-refractivity contribution in [2.45, 2.75) is 38.4 Å². The van der Waals surface area contributed by atoms with Gasteiger partial charge in [0, 0.05) is 18.8 Å². The van der Waals surface area contributed by atoms with Gasteiger partial charge in [-0.15, -0.1) is 0 Å². The number of carboxylic acids is 1. The quantitative estimate of drug-likeness (QED) is 0.326. The lowest BCUT2D eigenvalue weighted by Gasteiger charge is -2.43. The normalized spacial score (nSPS) is 15.3. The minimum atomic E-state index is -1.31. The number of carbonyl (C=O) groups is 4. The van der Waals surface area contributed by atoms with Crippen LogP contribution in [-0.4, -0.2) is 72.2 Å². The van der Waals surface area contributed by atoms with Crippen LogP contribution in [0.3, 0.4) is 0 Å². The van der Waals surface area contributed by atoms with Crippen LogP contribution in [0.5, 0.6) is 11.5 Å². The average Bonchev–Trinajstić information content (AvgIpc) is 3.00. The maximum absolute atomic E-state index is 14.0. The second-order valence-corrected chi connectivity index (χ2v) is 10.3. The van der Waals surface area contributed by atoms with E-state index in [-0.39, 0.29) is 31.8 Å². The minimum absolute atomic E-state index is 0.00184. The number of aryl methyl sites for hydroxylation is 1. The summed E-state index contributed by atoms with van der Waals surface area (Å²) in [6.45, 7) is 2.32. The maximum Gasteiger partial charge on any atom is 0.323 e. The summed E-state index contributed by atoms with van der Waals surface area (Å²) < 4.78 is 10.4. The Kier molecular flexibility index (Phi) is 10.2. The molecule has 43 heavy (non-hydrogen) atoms. The number of nitrogens with zero attached hydrogens (tertiary/aromatic N) is 2. The van der Waals surface area contributed by atoms with Gasteiger partial charge in [-0.05, 0) is 60.9 Å². The molecule has 4 amide bonds. The Bertz CT molecular complexity index is 1370. The fourth-order valence-electron chi connectivity index (χ4n) is 5.03. The Morgan fingerprint density at radius 3 is 2.14 bits per heavy atom. The van der Waals surface area contributed by atoms with Gasteiger partial charge in [0.15, 0.2) is 6.17 Å². The molecule has 1 fully saturated rings. The zero-order valence-electron chi connectivity index (χ0n) is 24.4. The molecular weight excluding hydrogens is 552 g/mol. The lowest BCUT2D eigenvalue weighted by Crippen LogP contribution is -2.64. The first-order valence-corrected chi connectivity index (χ1v) is 13.9. The van der Waals surface area contributed by atoms with E-state index in [9.17, 15) is 24.3 Å². The zero-order valence-corrected chi connectivity index (χ0v) is 24.4. The number of carbonyl (C=O) groups excluding carboxylic acids is 3. The van der Waals surface area contributed by atoms with Gasteiger partial charge >= 0.3 is 12.0 Å². The van der Waals surface area contributed by atoms with E-state index >= 15 is 0 Å². The first-order valence-electron chi connectivity index (χ1n) is 13.9. The topological polar surface area (TPSA) is 138 Å². The number of carboxylic acid groups (broad SMARTS) is 1. The van der Waals surface area contributed by atoms with E-state index in [0.29, 0.717) is 34.7 Å². The molecule has 1 aliphatic rings. The number of hydrogen-bond acceptors (Lipinski definition) is 6. The number of urea groups is 1. The first kappa shape index (κ1) is 30.9. The van der Waals surface area contributed by atoms with Crippen molar-refractivity contribution in [3.05, 3.63) is 89.5 Å². The molecule has 1 heterocycles. The smallest absolute Gasteiger partial charge is 0.323 e. The molecule has 3 N–H and O–H groups in total. The van der Waals surface area contributed by atoms with Crippen molar-refractivity contribution in [2.75, 3.05) is 32.6 Å². The van der Waals surface area contributed by atoms with Crippen molar-refractivity contribution in [3.63, 3.8) is 0 Å². The van der Waals surface area contributed by atoms with Crippen molar-refractivity contribution >= 4 is 29.5 Å². The number of methoxy groups -OCH3 is 2. The Hall–Kier alpha value is -5.06. The fraction of sp³-hybridized carbons (Fsp3) is 0.312. The van der Waals surface area contributed by atoms with E-state index in [0.717, 1.165) is 5.56 Å². The van der Waals surface area contributed by atoms with Crippen LogP contribution in [0.15, 0.2) is 72.8 Å². The van der Waals surface area contributed by atoms with E-state index in [1.807, 2.05) is 13.0 Å². The van der Waals surface area contributed by atoms with Crippen molar-refractivity contribution in [2.24, 2.45) is 0 Å². The summed E-state index contributed by atoms with van der Waals surface area (Å²) in [4.78, 5) is 55.7. The van der Waals surface area contributed by atoms with Gasteiger partial charge in [0.25, 0.3) is 5.91 Å². The Balaban J connectivity index is 1.63. The highest BCUT2D eigenvalue weighted by atomic mass is 16.5. The summed E-state index contributed by atoms with van der Waals surface area (Å²) in [7, 11) is 3.09. The predicted octanol–water partition coefficient (Wildman–Crippen LogP) is 3.98. The van der Waals surface area contributed by atoms with Gasteiger partial charge in [-0.3, -0.25) is 19.3 Å². The molecule has 11 heteroatoms. The number of aliphatic carboxylic acids is 1. The van der Waals surface area contributed by atoms with E-state index in [2.05, 4.69) is 10.6 Å². The van der Waals surface area contributed by atoms with Gasteiger partial charge in [0.05, 0.1) is 33.1 Å². The van der Waals surface area contributed by atoms with Crippen LogP contribution in [0.25, 0.3) is 0 Å². The van der Waals surface area contributed by atoms with E-state index < -0.39 is 30.1 Å². The maximum atomic E-state index is 14.0. The molecule has 11 nitrogen and oxygen atoms in total. The monoisotopic (exact) mass is 588 g/mol. The molecule has 0 bridgehead atoms. The second kappa shape index (κ2) is 14.2. The zero-order chi connectivity index (χ0) is 30.9. The van der Waals surface area contributed by atoms with Gasteiger partial charge in [0.2, 0.25) is 5.91 Å². The number of rotatable bonds is 10. The van der Waals surface area contributed by atoms with Crippen LogP contribution < -0.4 is 20.1 Å². The molecular formula is C32H36N4O7. The summed E-state index contributed by atoms with van der Waals surface area (Å²) in [5.74, 6) is -0.840. The van der Waals surface area contributed by atoms with E-state index in [1.54, 1.807) is 73.8 Å². The Morgan fingerprint density at radius 2 is 1.53 bits per heavy atom. The number of ether oxygens (including phenoxy) is 2. The third-order valence-corrected chi connectivity index (χ3v) is 7.20. The summed E-state index contributed by atoms with van der Waals surface area (Å²) in [5.41, 5.74) is 2.71. The lowest BCUT2D eigenvalue weighted by molar-refractivity contribution is -0.149. The molecule has 3 aromatic rings. The summed E-state index contributed by atoms with van der Waals surface area (Å²) >= 11 is 0. The van der Waals surface area contributed by atoms with Gasteiger partial charge in [0.1, 0.15) is 11.5 Å².